The third kappa shape index (κ3) is 2.88. The maximum Gasteiger partial charge on any atom is 0.433 e. The van der Waals surface area contributed by atoms with Crippen LogP contribution in [0.25, 0.3) is 5.78 Å². The first-order valence-corrected chi connectivity index (χ1v) is 8.19. The molecule has 4 rings (SSSR count). The van der Waals surface area contributed by atoms with Crippen molar-refractivity contribution in [3.05, 3.63) is 53.5 Å². The normalized spacial score (nSPS) is 20.2. The second-order valence-corrected chi connectivity index (χ2v) is 6.39. The lowest BCUT2D eigenvalue weighted by Crippen LogP contribution is -2.38. The van der Waals surface area contributed by atoms with Crippen LogP contribution in [0, 0.1) is 0 Å². The van der Waals surface area contributed by atoms with Crippen molar-refractivity contribution in [2.24, 2.45) is 0 Å². The van der Waals surface area contributed by atoms with Gasteiger partial charge in [0.1, 0.15) is 17.7 Å². The van der Waals surface area contributed by atoms with Crippen molar-refractivity contribution in [3.8, 4) is 0 Å². The van der Waals surface area contributed by atoms with E-state index in [9.17, 15) is 18.3 Å². The summed E-state index contributed by atoms with van der Waals surface area (Å²) in [6, 6.07) is 8.45. The van der Waals surface area contributed by atoms with Crippen molar-refractivity contribution in [1.29, 1.82) is 0 Å². The van der Waals surface area contributed by atoms with Crippen LogP contribution in [-0.2, 0) is 18.2 Å². The number of fused-ring (bicyclic) bond motifs is 2. The smallest absolute Gasteiger partial charge is 0.383 e. The number of nitrogens with one attached hydrogen (secondary N) is 1. The fraction of sp³-hybridized carbons (Fsp3) is 0.353. The number of halogens is 3. The number of benzene rings is 1. The van der Waals surface area contributed by atoms with Crippen molar-refractivity contribution in [2.75, 3.05) is 11.9 Å². The first-order valence-electron chi connectivity index (χ1n) is 8.19. The highest BCUT2D eigenvalue weighted by molar-refractivity contribution is 5.47. The van der Waals surface area contributed by atoms with E-state index >= 15 is 0 Å². The van der Waals surface area contributed by atoms with E-state index < -0.39 is 17.5 Å². The number of rotatable bonds is 3. The molecule has 1 atom stereocenters. The standard InChI is InChI=1S/C17H16F3N5O/c18-17(19,20)13-8-14(25-15(24-13)22-10-23-25)21-9-16(26)7-3-5-11-4-1-2-6-12(11)16/h1-2,4,6,8,10,21,26H,3,5,7,9H2. The van der Waals surface area contributed by atoms with Gasteiger partial charge in [-0.2, -0.15) is 27.8 Å². The van der Waals surface area contributed by atoms with E-state index in [1.807, 2.05) is 24.3 Å². The van der Waals surface area contributed by atoms with Gasteiger partial charge in [0.2, 0.25) is 0 Å². The largest absolute Gasteiger partial charge is 0.433 e. The Morgan fingerprint density at radius 2 is 2.08 bits per heavy atom. The molecule has 2 heterocycles. The highest BCUT2D eigenvalue weighted by Gasteiger charge is 2.36. The van der Waals surface area contributed by atoms with Gasteiger partial charge in [-0.25, -0.2) is 4.98 Å². The predicted molar refractivity (Wildman–Crippen MR) is 87.6 cm³/mol. The minimum Gasteiger partial charge on any atom is -0.383 e. The minimum absolute atomic E-state index is 0.0558. The molecule has 3 aromatic rings. The van der Waals surface area contributed by atoms with Gasteiger partial charge in [0, 0.05) is 12.6 Å². The van der Waals surface area contributed by atoms with Crippen molar-refractivity contribution in [2.45, 2.75) is 31.0 Å². The zero-order chi connectivity index (χ0) is 18.4. The number of nitrogens with zero attached hydrogens (tertiary/aromatic N) is 4. The molecule has 0 bridgehead atoms. The number of aliphatic hydroxyl groups is 1. The van der Waals surface area contributed by atoms with Crippen molar-refractivity contribution < 1.29 is 18.3 Å². The molecule has 0 saturated carbocycles. The van der Waals surface area contributed by atoms with Crippen LogP contribution in [0.5, 0.6) is 0 Å². The fourth-order valence-corrected chi connectivity index (χ4v) is 3.40. The Morgan fingerprint density at radius 1 is 1.27 bits per heavy atom. The fourth-order valence-electron chi connectivity index (χ4n) is 3.40. The Balaban J connectivity index is 1.67. The topological polar surface area (TPSA) is 75.3 Å². The monoisotopic (exact) mass is 363 g/mol. The zero-order valence-electron chi connectivity index (χ0n) is 13.7. The number of hydrogen-bond donors (Lipinski definition) is 2. The summed E-state index contributed by atoms with van der Waals surface area (Å²) in [4.78, 5) is 7.22. The molecule has 2 aromatic heterocycles. The third-order valence-electron chi connectivity index (χ3n) is 4.66. The van der Waals surface area contributed by atoms with Gasteiger partial charge in [0.25, 0.3) is 5.78 Å². The molecule has 0 fully saturated rings. The van der Waals surface area contributed by atoms with Crippen LogP contribution in [0.2, 0.25) is 0 Å². The number of alkyl halides is 3. The Labute approximate surface area is 146 Å². The lowest BCUT2D eigenvalue weighted by Gasteiger charge is -2.35. The van der Waals surface area contributed by atoms with E-state index in [-0.39, 0.29) is 18.1 Å². The molecule has 0 radical (unpaired) electrons. The van der Waals surface area contributed by atoms with E-state index in [1.165, 1.54) is 4.52 Å². The maximum atomic E-state index is 13.1. The van der Waals surface area contributed by atoms with Crippen LogP contribution in [0.1, 0.15) is 29.7 Å². The number of hydrogen-bond acceptors (Lipinski definition) is 5. The summed E-state index contributed by atoms with van der Waals surface area (Å²) in [5.74, 6) is -0.0744. The second kappa shape index (κ2) is 5.94. The molecule has 136 valence electrons. The average Bonchev–Trinajstić information content (AvgIpc) is 3.08. The van der Waals surface area contributed by atoms with Gasteiger partial charge in [-0.3, -0.25) is 0 Å². The van der Waals surface area contributed by atoms with Gasteiger partial charge < -0.3 is 10.4 Å². The maximum absolute atomic E-state index is 13.1. The van der Waals surface area contributed by atoms with Gasteiger partial charge in [-0.05, 0) is 30.4 Å². The molecule has 1 aliphatic rings. The zero-order valence-corrected chi connectivity index (χ0v) is 13.7. The Bertz CT molecular complexity index is 955. The van der Waals surface area contributed by atoms with Crippen molar-refractivity contribution in [3.63, 3.8) is 0 Å². The van der Waals surface area contributed by atoms with Crippen LogP contribution in [0.3, 0.4) is 0 Å². The molecule has 6 nitrogen and oxygen atoms in total. The summed E-state index contributed by atoms with van der Waals surface area (Å²) in [7, 11) is 0. The summed E-state index contributed by atoms with van der Waals surface area (Å²) in [6.45, 7) is 0.0558. The van der Waals surface area contributed by atoms with E-state index in [1.54, 1.807) is 0 Å². The molecule has 0 saturated heterocycles. The summed E-state index contributed by atoms with van der Waals surface area (Å²) in [6.07, 6.45) is -1.26. The minimum atomic E-state index is -4.60. The molecule has 1 aromatic carbocycles. The Hall–Kier alpha value is -2.68. The van der Waals surface area contributed by atoms with Gasteiger partial charge in [-0.15, -0.1) is 0 Å². The molecule has 1 unspecified atom stereocenters. The van der Waals surface area contributed by atoms with Crippen LogP contribution in [-0.4, -0.2) is 31.2 Å². The molecular formula is C17H16F3N5O. The molecule has 2 N–H and O–H groups in total. The molecule has 0 amide bonds. The number of aromatic nitrogens is 4. The van der Waals surface area contributed by atoms with Gasteiger partial charge in [0.05, 0.1) is 0 Å². The van der Waals surface area contributed by atoms with E-state index in [0.29, 0.717) is 6.42 Å². The third-order valence-corrected chi connectivity index (χ3v) is 4.66. The molecule has 0 aliphatic heterocycles. The molecule has 26 heavy (non-hydrogen) atoms. The molecule has 0 spiro atoms. The van der Waals surface area contributed by atoms with Crippen LogP contribution in [0.15, 0.2) is 36.7 Å². The van der Waals surface area contributed by atoms with Crippen LogP contribution in [0.4, 0.5) is 19.0 Å². The molecular weight excluding hydrogens is 347 g/mol. The Kier molecular flexibility index (Phi) is 3.83. The number of aryl methyl sites for hydroxylation is 1. The lowest BCUT2D eigenvalue weighted by molar-refractivity contribution is -0.141. The van der Waals surface area contributed by atoms with E-state index in [4.69, 9.17) is 0 Å². The van der Waals surface area contributed by atoms with Crippen LogP contribution < -0.4 is 5.32 Å². The summed E-state index contributed by atoms with van der Waals surface area (Å²) in [5, 5.41) is 17.9. The average molecular weight is 363 g/mol. The summed E-state index contributed by atoms with van der Waals surface area (Å²) >= 11 is 0. The van der Waals surface area contributed by atoms with Crippen molar-refractivity contribution in [1.82, 2.24) is 19.6 Å². The summed E-state index contributed by atoms with van der Waals surface area (Å²) in [5.41, 5.74) is -0.362. The van der Waals surface area contributed by atoms with Gasteiger partial charge in [-0.1, -0.05) is 24.3 Å². The predicted octanol–water partition coefficient (Wildman–Crippen LogP) is 2.78. The highest BCUT2D eigenvalue weighted by atomic mass is 19.4. The highest BCUT2D eigenvalue weighted by Crippen LogP contribution is 2.36. The number of anilines is 1. The lowest BCUT2D eigenvalue weighted by atomic mass is 9.79. The summed E-state index contributed by atoms with van der Waals surface area (Å²) < 4.78 is 40.4. The Morgan fingerprint density at radius 3 is 2.88 bits per heavy atom. The first-order chi connectivity index (χ1) is 12.4. The van der Waals surface area contributed by atoms with Gasteiger partial charge in [0.15, 0.2) is 5.69 Å². The van der Waals surface area contributed by atoms with E-state index in [2.05, 4.69) is 20.4 Å². The van der Waals surface area contributed by atoms with E-state index in [0.717, 1.165) is 36.4 Å². The molecule has 1 aliphatic carbocycles. The molecule has 9 heteroatoms. The second-order valence-electron chi connectivity index (χ2n) is 6.39. The van der Waals surface area contributed by atoms with Gasteiger partial charge >= 0.3 is 6.18 Å². The van der Waals surface area contributed by atoms with Crippen LogP contribution >= 0.6 is 0 Å². The van der Waals surface area contributed by atoms with Crippen molar-refractivity contribution >= 4 is 11.6 Å². The quantitative estimate of drug-likeness (QED) is 0.748. The SMILES string of the molecule is OC1(CNc2cc(C(F)(F)F)nc3ncnn23)CCCc2ccccc21. The first kappa shape index (κ1) is 16.8.